The van der Waals surface area contributed by atoms with Crippen LogP contribution in [0.15, 0.2) is 42.6 Å². The van der Waals surface area contributed by atoms with Crippen LogP contribution in [-0.4, -0.2) is 48.7 Å². The topological polar surface area (TPSA) is 69.7 Å². The minimum absolute atomic E-state index is 0.128. The third-order valence-electron chi connectivity index (χ3n) is 5.81. The van der Waals surface area contributed by atoms with Gasteiger partial charge in [-0.1, -0.05) is 6.07 Å². The number of benzene rings is 1. The van der Waals surface area contributed by atoms with Crippen LogP contribution in [0.4, 0.5) is 0 Å². The second kappa shape index (κ2) is 11.6. The molecule has 2 amide bonds. The van der Waals surface area contributed by atoms with Gasteiger partial charge in [0.25, 0.3) is 0 Å². The van der Waals surface area contributed by atoms with E-state index in [1.807, 2.05) is 35.3 Å². The minimum atomic E-state index is -0.604. The summed E-state index contributed by atoms with van der Waals surface area (Å²) in [6, 6.07) is 8.86. The molecule has 2 atom stereocenters. The number of hydrogen-bond acceptors (Lipinski definition) is 4. The van der Waals surface area contributed by atoms with Crippen LogP contribution in [0, 0.1) is 0 Å². The van der Waals surface area contributed by atoms with Crippen molar-refractivity contribution in [2.45, 2.75) is 70.4 Å². The molecule has 0 aromatic heterocycles. The van der Waals surface area contributed by atoms with E-state index < -0.39 is 33.3 Å². The molecule has 1 N–H and O–H groups in total. The number of amides is 2. The predicted molar refractivity (Wildman–Crippen MR) is 116 cm³/mol. The molecule has 1 aromatic carbocycles. The number of nitrogens with zero attached hydrogens (tertiary/aromatic N) is 2. The Hall–Kier alpha value is -1.90. The number of allylic oxidation sites excluding steroid dienone is 1. The van der Waals surface area contributed by atoms with Crippen LogP contribution in [0.5, 0.6) is 0 Å². The molecule has 1 aromatic rings. The molecule has 0 radical (unpaired) electrons. The van der Waals surface area contributed by atoms with Gasteiger partial charge >= 0.3 is 190 Å². The number of carbonyl (C=O) groups is 3. The van der Waals surface area contributed by atoms with Crippen LogP contribution in [0.25, 0.3) is 0 Å². The normalized spacial score (nSPS) is 21.6. The molecule has 2 fully saturated rings. The Bertz CT molecular complexity index is 799. The number of unbranched alkanes of at least 4 members (excludes halogenated alkanes) is 1. The fourth-order valence-corrected chi connectivity index (χ4v) is 6.79. The van der Waals surface area contributed by atoms with Gasteiger partial charge in [0, 0.05) is 0 Å². The quantitative estimate of drug-likeness (QED) is 0.209. The molecule has 0 spiro atoms. The first kappa shape index (κ1) is 23.8. The van der Waals surface area contributed by atoms with Gasteiger partial charge in [0.2, 0.25) is 0 Å². The van der Waals surface area contributed by atoms with Crippen molar-refractivity contribution in [2.24, 2.45) is 0 Å². The van der Waals surface area contributed by atoms with Crippen molar-refractivity contribution < 1.29 is 35.6 Å². The predicted octanol–water partition coefficient (Wildman–Crippen LogP) is 0.0352. The second-order valence-electron chi connectivity index (χ2n) is 8.15. The number of aryl methyl sites for hydroxylation is 1. The van der Waals surface area contributed by atoms with Gasteiger partial charge in [0.15, 0.2) is 0 Å². The van der Waals surface area contributed by atoms with E-state index in [0.29, 0.717) is 38.6 Å². The van der Waals surface area contributed by atoms with Gasteiger partial charge in [-0.25, -0.2) is 0 Å². The van der Waals surface area contributed by atoms with Crippen molar-refractivity contribution in [1.29, 1.82) is 0 Å². The summed E-state index contributed by atoms with van der Waals surface area (Å²) in [5, 5.41) is 6.50. The van der Waals surface area contributed by atoms with Gasteiger partial charge in [-0.05, 0) is 0 Å². The molecular formula is C24H33IN3O3-. The molecule has 2 aliphatic rings. The summed E-state index contributed by atoms with van der Waals surface area (Å²) in [5.74, 6) is -0.291. The summed E-state index contributed by atoms with van der Waals surface area (Å²) in [5.41, 5.74) is 1.96. The van der Waals surface area contributed by atoms with Crippen LogP contribution < -0.4 is 26.5 Å². The van der Waals surface area contributed by atoms with E-state index in [2.05, 4.69) is 18.8 Å². The van der Waals surface area contributed by atoms with Crippen LogP contribution in [0.1, 0.15) is 57.4 Å². The number of halogens is 1. The molecule has 2 aliphatic heterocycles. The monoisotopic (exact) mass is 538 g/mol. The Morgan fingerprint density at radius 3 is 2.74 bits per heavy atom. The number of alkyl halides is 1. The summed E-state index contributed by atoms with van der Waals surface area (Å²) >= 11 is -0.587. The molecule has 3 rings (SSSR count). The van der Waals surface area contributed by atoms with Crippen molar-refractivity contribution in [3.05, 3.63) is 48.2 Å². The van der Waals surface area contributed by atoms with Gasteiger partial charge in [-0.3, -0.25) is 0 Å². The zero-order chi connectivity index (χ0) is 22.2. The Kier molecular flexibility index (Phi) is 8.92. The Labute approximate surface area is 195 Å². The molecule has 0 bridgehead atoms. The van der Waals surface area contributed by atoms with Crippen molar-refractivity contribution in [3.63, 3.8) is 0 Å². The Morgan fingerprint density at radius 2 is 2.00 bits per heavy atom. The van der Waals surface area contributed by atoms with E-state index in [1.54, 1.807) is 5.01 Å². The van der Waals surface area contributed by atoms with Crippen molar-refractivity contribution in [1.82, 2.24) is 15.3 Å². The summed E-state index contributed by atoms with van der Waals surface area (Å²) < 4.78 is 1.20. The summed E-state index contributed by atoms with van der Waals surface area (Å²) in [6.07, 6.45) is 5.86. The molecule has 7 heteroatoms. The maximum atomic E-state index is 13.5. The fourth-order valence-electron chi connectivity index (χ4n) is 4.03. The van der Waals surface area contributed by atoms with Crippen LogP contribution in [0.2, 0.25) is 0 Å². The van der Waals surface area contributed by atoms with E-state index in [1.165, 1.54) is 0 Å². The number of rotatable bonds is 9. The third kappa shape index (κ3) is 6.30. The maximum absolute atomic E-state index is 13.5. The van der Waals surface area contributed by atoms with E-state index in [9.17, 15) is 14.4 Å². The molecule has 6 nitrogen and oxygen atoms in total. The summed E-state index contributed by atoms with van der Waals surface area (Å²) in [4.78, 5) is 39.1. The first-order chi connectivity index (χ1) is 15.0. The molecule has 2 saturated heterocycles. The van der Waals surface area contributed by atoms with Crippen molar-refractivity contribution in [3.8, 4) is 0 Å². The number of carbonyl (C=O) groups excluding carboxylic acids is 3. The number of hydrogen-bond donors (Lipinski definition) is 1. The van der Waals surface area contributed by atoms with Gasteiger partial charge in [-0.2, -0.15) is 0 Å². The van der Waals surface area contributed by atoms with Crippen LogP contribution >= 0.6 is 0 Å². The zero-order valence-corrected chi connectivity index (χ0v) is 20.5. The third-order valence-corrected chi connectivity index (χ3v) is 8.58. The van der Waals surface area contributed by atoms with E-state index in [-0.39, 0.29) is 15.6 Å². The number of hydrazine groups is 1. The zero-order valence-electron chi connectivity index (χ0n) is 18.3. The van der Waals surface area contributed by atoms with Crippen LogP contribution in [-0.2, 0) is 20.8 Å². The Morgan fingerprint density at radius 1 is 1.23 bits per heavy atom. The standard InChI is InChI=1S/C24H33IN3O3/c1-3-4-16-25-23(30)21-11-8-17-27-18(2)12-14-20(24(31)28(21)27)26-22(29)15-13-19-9-6-5-7-10-19/h5-7,9-10,20-21H,2-4,8,11-17H2,1H3,(H,26,29)/q-1/t20?,21-/m0/s1. The van der Waals surface area contributed by atoms with Crippen molar-refractivity contribution in [2.75, 3.05) is 11.0 Å². The summed E-state index contributed by atoms with van der Waals surface area (Å²) in [6.45, 7) is 7.00. The number of fused-ring (bicyclic) bond motifs is 1. The molecule has 170 valence electrons. The van der Waals surface area contributed by atoms with Gasteiger partial charge < -0.3 is 0 Å². The van der Waals surface area contributed by atoms with E-state index in [4.69, 9.17) is 0 Å². The van der Waals surface area contributed by atoms with Gasteiger partial charge in [-0.15, -0.1) is 0 Å². The number of nitrogens with one attached hydrogen (secondary N) is 1. The summed E-state index contributed by atoms with van der Waals surface area (Å²) in [7, 11) is 0. The van der Waals surface area contributed by atoms with Crippen LogP contribution in [0.3, 0.4) is 0 Å². The molecule has 2 heterocycles. The molecule has 1 unspecified atom stereocenters. The second-order valence-corrected chi connectivity index (χ2v) is 11.1. The van der Waals surface area contributed by atoms with E-state index in [0.717, 1.165) is 35.0 Å². The molecule has 0 aliphatic carbocycles. The average Bonchev–Trinajstić information content (AvgIpc) is 2.90. The SMILES string of the molecule is C=C1CCC(NC(=O)CCc2ccccc2)C(=O)N2[C@H](C(=O)[I-]CCCC)CCCN12. The first-order valence-electron chi connectivity index (χ1n) is 11.3. The van der Waals surface area contributed by atoms with Gasteiger partial charge in [0.05, 0.1) is 0 Å². The average molecular weight is 538 g/mol. The van der Waals surface area contributed by atoms with Crippen molar-refractivity contribution >= 4 is 15.6 Å². The van der Waals surface area contributed by atoms with E-state index >= 15 is 0 Å². The Balaban J connectivity index is 1.67. The molecular weight excluding hydrogens is 505 g/mol. The van der Waals surface area contributed by atoms with Gasteiger partial charge in [0.1, 0.15) is 0 Å². The fraction of sp³-hybridized carbons (Fsp3) is 0.542. The first-order valence-corrected chi connectivity index (χ1v) is 13.9. The molecule has 0 saturated carbocycles. The molecule has 31 heavy (non-hydrogen) atoms.